The molecule has 0 radical (unpaired) electrons. The Morgan fingerprint density at radius 2 is 1.70 bits per heavy atom. The van der Waals surface area contributed by atoms with Crippen molar-refractivity contribution in [2.75, 3.05) is 12.4 Å². The van der Waals surface area contributed by atoms with Gasteiger partial charge in [-0.3, -0.25) is 14.2 Å². The molecule has 0 atom stereocenters. The zero-order valence-corrected chi connectivity index (χ0v) is 17.8. The molecule has 3 aromatic heterocycles. The minimum absolute atomic E-state index is 0.0000400. The summed E-state index contributed by atoms with van der Waals surface area (Å²) >= 11 is 0. The van der Waals surface area contributed by atoms with E-state index in [0.717, 1.165) is 0 Å². The SMILES string of the molecule is COc1ccc(-n2ccc(C)c(C(=O)Nc3ccc(Oc4ccc(F)cc4)nc3)c2=O)cn1. The van der Waals surface area contributed by atoms with Crippen molar-refractivity contribution in [1.82, 2.24) is 14.5 Å². The molecule has 0 unspecified atom stereocenters. The highest BCUT2D eigenvalue weighted by molar-refractivity contribution is 6.05. The van der Waals surface area contributed by atoms with Crippen molar-refractivity contribution in [2.45, 2.75) is 6.92 Å². The third-order valence-electron chi connectivity index (χ3n) is 4.77. The summed E-state index contributed by atoms with van der Waals surface area (Å²) in [5.41, 5.74) is 0.925. The number of aromatic nitrogens is 3. The number of carbonyl (C=O) groups is 1. The molecular weight excluding hydrogens is 427 g/mol. The van der Waals surface area contributed by atoms with Gasteiger partial charge < -0.3 is 14.8 Å². The molecule has 1 aromatic carbocycles. The average Bonchev–Trinajstić information content (AvgIpc) is 2.82. The summed E-state index contributed by atoms with van der Waals surface area (Å²) in [6.07, 6.45) is 4.48. The van der Waals surface area contributed by atoms with Crippen LogP contribution in [-0.2, 0) is 0 Å². The number of pyridine rings is 3. The number of rotatable bonds is 6. The van der Waals surface area contributed by atoms with Crippen LogP contribution in [0.5, 0.6) is 17.5 Å². The molecule has 0 saturated heterocycles. The molecule has 0 aliphatic heterocycles. The van der Waals surface area contributed by atoms with Gasteiger partial charge in [0.15, 0.2) is 0 Å². The first-order valence-electron chi connectivity index (χ1n) is 9.88. The fourth-order valence-electron chi connectivity index (χ4n) is 3.07. The van der Waals surface area contributed by atoms with E-state index in [1.807, 2.05) is 0 Å². The number of nitrogens with one attached hydrogen (secondary N) is 1. The molecule has 9 heteroatoms. The van der Waals surface area contributed by atoms with Crippen LogP contribution in [0.25, 0.3) is 5.69 Å². The first kappa shape index (κ1) is 21.7. The van der Waals surface area contributed by atoms with Gasteiger partial charge in [0.2, 0.25) is 11.8 Å². The summed E-state index contributed by atoms with van der Waals surface area (Å²) in [5, 5.41) is 2.68. The molecule has 0 bridgehead atoms. The fourth-order valence-corrected chi connectivity index (χ4v) is 3.07. The van der Waals surface area contributed by atoms with Gasteiger partial charge in [0.25, 0.3) is 11.5 Å². The van der Waals surface area contributed by atoms with Crippen molar-refractivity contribution in [2.24, 2.45) is 0 Å². The quantitative estimate of drug-likeness (QED) is 0.479. The van der Waals surface area contributed by atoms with E-state index in [-0.39, 0.29) is 17.3 Å². The van der Waals surface area contributed by atoms with Crippen LogP contribution in [0.3, 0.4) is 0 Å². The lowest BCUT2D eigenvalue weighted by Crippen LogP contribution is -2.29. The number of ether oxygens (including phenoxy) is 2. The summed E-state index contributed by atoms with van der Waals surface area (Å²) in [6, 6.07) is 13.6. The van der Waals surface area contributed by atoms with Gasteiger partial charge in [0.1, 0.15) is 17.1 Å². The van der Waals surface area contributed by atoms with Crippen LogP contribution in [-0.4, -0.2) is 27.6 Å². The summed E-state index contributed by atoms with van der Waals surface area (Å²) in [5.74, 6) is 0.171. The number of hydrogen-bond donors (Lipinski definition) is 1. The number of halogens is 1. The summed E-state index contributed by atoms with van der Waals surface area (Å²) < 4.78 is 24.9. The molecule has 1 amide bonds. The number of nitrogens with zero attached hydrogens (tertiary/aromatic N) is 3. The van der Waals surface area contributed by atoms with E-state index in [1.165, 1.54) is 48.3 Å². The van der Waals surface area contributed by atoms with E-state index in [2.05, 4.69) is 15.3 Å². The van der Waals surface area contributed by atoms with Gasteiger partial charge in [-0.05, 0) is 55.0 Å². The Hall–Kier alpha value is -4.53. The molecule has 4 aromatic rings. The van der Waals surface area contributed by atoms with Gasteiger partial charge in [-0.2, -0.15) is 0 Å². The van der Waals surface area contributed by atoms with Gasteiger partial charge in [-0.15, -0.1) is 0 Å². The molecule has 166 valence electrons. The Morgan fingerprint density at radius 3 is 2.33 bits per heavy atom. The van der Waals surface area contributed by atoms with Gasteiger partial charge in [0, 0.05) is 18.3 Å². The van der Waals surface area contributed by atoms with Crippen LogP contribution in [0.2, 0.25) is 0 Å². The molecule has 0 saturated carbocycles. The molecule has 0 aliphatic carbocycles. The second-order valence-electron chi connectivity index (χ2n) is 7.00. The van der Waals surface area contributed by atoms with Gasteiger partial charge >= 0.3 is 0 Å². The maximum Gasteiger partial charge on any atom is 0.268 e. The summed E-state index contributed by atoms with van der Waals surface area (Å²) in [4.78, 5) is 34.2. The van der Waals surface area contributed by atoms with Crippen LogP contribution < -0.4 is 20.3 Å². The molecule has 33 heavy (non-hydrogen) atoms. The highest BCUT2D eigenvalue weighted by Crippen LogP contribution is 2.21. The second-order valence-corrected chi connectivity index (χ2v) is 7.00. The number of benzene rings is 1. The van der Waals surface area contributed by atoms with E-state index in [0.29, 0.717) is 28.6 Å². The zero-order chi connectivity index (χ0) is 23.4. The minimum Gasteiger partial charge on any atom is -0.481 e. The summed E-state index contributed by atoms with van der Waals surface area (Å²) in [6.45, 7) is 1.69. The third kappa shape index (κ3) is 4.87. The molecule has 3 heterocycles. The maximum atomic E-state index is 13.0. The second kappa shape index (κ2) is 9.31. The molecule has 1 N–H and O–H groups in total. The molecular formula is C24H19FN4O4. The van der Waals surface area contributed by atoms with E-state index in [9.17, 15) is 14.0 Å². The molecule has 4 rings (SSSR count). The lowest BCUT2D eigenvalue weighted by Gasteiger charge is -2.11. The van der Waals surface area contributed by atoms with Crippen molar-refractivity contribution in [3.8, 4) is 23.2 Å². The Morgan fingerprint density at radius 1 is 0.970 bits per heavy atom. The zero-order valence-electron chi connectivity index (χ0n) is 17.8. The highest BCUT2D eigenvalue weighted by atomic mass is 19.1. The van der Waals surface area contributed by atoms with Crippen LogP contribution in [0.1, 0.15) is 15.9 Å². The first-order chi connectivity index (χ1) is 15.9. The van der Waals surface area contributed by atoms with E-state index in [1.54, 1.807) is 43.5 Å². The molecule has 8 nitrogen and oxygen atoms in total. The Labute approximate surface area is 188 Å². The molecule has 0 fully saturated rings. The van der Waals surface area contributed by atoms with Crippen LogP contribution in [0.15, 0.2) is 78.0 Å². The molecule has 0 aliphatic rings. The number of aryl methyl sites for hydroxylation is 1. The first-order valence-corrected chi connectivity index (χ1v) is 9.88. The fraction of sp³-hybridized carbons (Fsp3) is 0.0833. The monoisotopic (exact) mass is 446 g/mol. The lowest BCUT2D eigenvalue weighted by molar-refractivity contribution is 0.102. The van der Waals surface area contributed by atoms with Crippen LogP contribution >= 0.6 is 0 Å². The number of amides is 1. The van der Waals surface area contributed by atoms with E-state index >= 15 is 0 Å². The van der Waals surface area contributed by atoms with Gasteiger partial charge in [0.05, 0.1) is 30.9 Å². The number of anilines is 1. The Kier molecular flexibility index (Phi) is 6.12. The summed E-state index contributed by atoms with van der Waals surface area (Å²) in [7, 11) is 1.50. The van der Waals surface area contributed by atoms with Gasteiger partial charge in [-0.1, -0.05) is 0 Å². The standard InChI is InChI=1S/C24H19FN4O4/c1-15-11-12-29(18-6-10-20(32-2)27-14-18)24(31)22(15)23(30)28-17-5-9-21(26-13-17)33-19-7-3-16(25)4-8-19/h3-14H,1-2H3,(H,28,30). The van der Waals surface area contributed by atoms with Crippen molar-refractivity contribution < 1.29 is 18.7 Å². The smallest absolute Gasteiger partial charge is 0.268 e. The minimum atomic E-state index is -0.567. The maximum absolute atomic E-state index is 13.0. The molecule has 0 spiro atoms. The van der Waals surface area contributed by atoms with Crippen molar-refractivity contribution in [1.29, 1.82) is 0 Å². The lowest BCUT2D eigenvalue weighted by atomic mass is 10.1. The highest BCUT2D eigenvalue weighted by Gasteiger charge is 2.17. The topological polar surface area (TPSA) is 95.3 Å². The van der Waals surface area contributed by atoms with Crippen LogP contribution in [0, 0.1) is 12.7 Å². The normalized spacial score (nSPS) is 10.5. The Balaban J connectivity index is 1.53. The largest absolute Gasteiger partial charge is 0.481 e. The van der Waals surface area contributed by atoms with Gasteiger partial charge in [-0.25, -0.2) is 14.4 Å². The number of methoxy groups -OCH3 is 1. The third-order valence-corrected chi connectivity index (χ3v) is 4.77. The average molecular weight is 446 g/mol. The number of hydrogen-bond acceptors (Lipinski definition) is 6. The van der Waals surface area contributed by atoms with E-state index < -0.39 is 11.5 Å². The van der Waals surface area contributed by atoms with Crippen molar-refractivity contribution in [3.05, 3.63) is 100 Å². The van der Waals surface area contributed by atoms with Crippen LogP contribution in [0.4, 0.5) is 10.1 Å². The predicted molar refractivity (Wildman–Crippen MR) is 120 cm³/mol. The van der Waals surface area contributed by atoms with E-state index in [4.69, 9.17) is 9.47 Å². The van der Waals surface area contributed by atoms with Crippen molar-refractivity contribution in [3.63, 3.8) is 0 Å². The number of carbonyl (C=O) groups excluding carboxylic acids is 1. The Bertz CT molecular complexity index is 1340. The predicted octanol–water partition coefficient (Wildman–Crippen LogP) is 4.13. The van der Waals surface area contributed by atoms with Crippen molar-refractivity contribution >= 4 is 11.6 Å².